The number of anilines is 1. The zero-order chi connectivity index (χ0) is 11.6. The van der Waals surface area contributed by atoms with E-state index in [1.54, 1.807) is 0 Å². The number of hydrogen-bond donors (Lipinski definition) is 2. The Kier molecular flexibility index (Phi) is 3.41. The summed E-state index contributed by atoms with van der Waals surface area (Å²) in [5, 5.41) is 8.21. The zero-order valence-electron chi connectivity index (χ0n) is 7.38. The maximum atomic E-state index is 12.2. The third-order valence-electron chi connectivity index (χ3n) is 1.68. The lowest BCUT2D eigenvalue weighted by Gasteiger charge is -2.07. The lowest BCUT2D eigenvalue weighted by atomic mass is 10.1. The Hall–Kier alpha value is -1.43. The highest BCUT2D eigenvalue weighted by atomic mass is 35.5. The molecule has 1 aromatic heterocycles. The van der Waals surface area contributed by atoms with Crippen molar-refractivity contribution in [2.45, 2.75) is 12.8 Å². The molecule has 1 heterocycles. The molecule has 1 aromatic rings. The van der Waals surface area contributed by atoms with Gasteiger partial charge in [0.05, 0.1) is 6.42 Å². The average molecular weight is 237 g/mol. The highest BCUT2D eigenvalue weighted by molar-refractivity contribution is 6.30. The maximum Gasteiger partial charge on any atom is 0.308 e. The number of carboxylic acid groups (broad SMARTS) is 1. The predicted octanol–water partition coefficient (Wildman–Crippen LogP) is 1.88. The van der Waals surface area contributed by atoms with E-state index in [4.69, 9.17) is 22.4 Å². The Balaban J connectivity index is 3.15. The minimum atomic E-state index is -2.79. The SMILES string of the molecule is Nc1cc(C(F)F)nc(Cl)c1CC(=O)O. The fourth-order valence-electron chi connectivity index (χ4n) is 1.02. The fourth-order valence-corrected chi connectivity index (χ4v) is 1.29. The summed E-state index contributed by atoms with van der Waals surface area (Å²) in [5.41, 5.74) is 4.78. The van der Waals surface area contributed by atoms with Crippen molar-refractivity contribution in [3.63, 3.8) is 0 Å². The van der Waals surface area contributed by atoms with Crippen LogP contribution in [0.1, 0.15) is 17.7 Å². The number of nitrogens with two attached hydrogens (primary N) is 1. The largest absolute Gasteiger partial charge is 0.481 e. The third-order valence-corrected chi connectivity index (χ3v) is 1.99. The molecular weight excluding hydrogens is 230 g/mol. The Labute approximate surface area is 88.7 Å². The highest BCUT2D eigenvalue weighted by Crippen LogP contribution is 2.26. The number of halogens is 3. The van der Waals surface area contributed by atoms with E-state index >= 15 is 0 Å². The van der Waals surface area contributed by atoms with Crippen LogP contribution in [0, 0.1) is 0 Å². The molecule has 0 bridgehead atoms. The van der Waals surface area contributed by atoms with E-state index in [9.17, 15) is 13.6 Å². The van der Waals surface area contributed by atoms with Crippen molar-refractivity contribution in [1.29, 1.82) is 0 Å². The number of rotatable bonds is 3. The minimum absolute atomic E-state index is 0.0496. The first-order chi connectivity index (χ1) is 6.91. The van der Waals surface area contributed by atoms with Crippen molar-refractivity contribution >= 4 is 23.3 Å². The molecule has 7 heteroatoms. The van der Waals surface area contributed by atoms with Crippen LogP contribution >= 0.6 is 11.6 Å². The predicted molar refractivity (Wildman–Crippen MR) is 50.0 cm³/mol. The Morgan fingerprint density at radius 3 is 2.67 bits per heavy atom. The van der Waals surface area contributed by atoms with Crippen LogP contribution < -0.4 is 5.73 Å². The molecule has 15 heavy (non-hydrogen) atoms. The second-order valence-corrected chi connectivity index (χ2v) is 3.13. The maximum absolute atomic E-state index is 12.2. The van der Waals surface area contributed by atoms with Gasteiger partial charge in [-0.25, -0.2) is 13.8 Å². The second-order valence-electron chi connectivity index (χ2n) is 2.78. The van der Waals surface area contributed by atoms with Gasteiger partial charge in [0.1, 0.15) is 10.8 Å². The van der Waals surface area contributed by atoms with Gasteiger partial charge in [0, 0.05) is 11.3 Å². The number of nitrogens with zero attached hydrogens (tertiary/aromatic N) is 1. The second kappa shape index (κ2) is 4.39. The quantitative estimate of drug-likeness (QED) is 0.786. The van der Waals surface area contributed by atoms with Crippen LogP contribution in [0.2, 0.25) is 5.15 Å². The van der Waals surface area contributed by atoms with Gasteiger partial charge in [0.25, 0.3) is 6.43 Å². The number of pyridine rings is 1. The van der Waals surface area contributed by atoms with E-state index in [-0.39, 0.29) is 16.4 Å². The van der Waals surface area contributed by atoms with Gasteiger partial charge < -0.3 is 10.8 Å². The van der Waals surface area contributed by atoms with Gasteiger partial charge in [-0.2, -0.15) is 0 Å². The molecule has 3 N–H and O–H groups in total. The summed E-state index contributed by atoms with van der Waals surface area (Å²) in [6, 6.07) is 0.925. The molecule has 0 amide bonds. The fraction of sp³-hybridized carbons (Fsp3) is 0.250. The van der Waals surface area contributed by atoms with E-state index in [0.717, 1.165) is 6.07 Å². The van der Waals surface area contributed by atoms with Crippen LogP contribution in [0.25, 0.3) is 0 Å². The van der Waals surface area contributed by atoms with Gasteiger partial charge in [-0.3, -0.25) is 4.79 Å². The zero-order valence-corrected chi connectivity index (χ0v) is 8.13. The first-order valence-electron chi connectivity index (χ1n) is 3.86. The highest BCUT2D eigenvalue weighted by Gasteiger charge is 2.16. The number of aromatic nitrogens is 1. The summed E-state index contributed by atoms with van der Waals surface area (Å²) in [6.07, 6.45) is -3.23. The van der Waals surface area contributed by atoms with Gasteiger partial charge >= 0.3 is 5.97 Å². The van der Waals surface area contributed by atoms with E-state index in [2.05, 4.69) is 4.98 Å². The molecule has 1 rings (SSSR count). The van der Waals surface area contributed by atoms with E-state index in [0.29, 0.717) is 0 Å². The molecule has 0 saturated carbocycles. The summed E-state index contributed by atoms with van der Waals surface area (Å²) in [5.74, 6) is -1.16. The van der Waals surface area contributed by atoms with Crippen LogP contribution in [-0.4, -0.2) is 16.1 Å². The van der Waals surface area contributed by atoms with Crippen LogP contribution in [-0.2, 0) is 11.2 Å². The molecule has 0 unspecified atom stereocenters. The lowest BCUT2D eigenvalue weighted by molar-refractivity contribution is -0.136. The van der Waals surface area contributed by atoms with Crippen LogP contribution in [0.3, 0.4) is 0 Å². The standard InChI is InChI=1S/C8H7ClF2N2O2/c9-7-3(1-6(14)15)4(12)2-5(13-7)8(10)11/h2,8H,1H2,(H2,12,13)(H,14,15). The minimum Gasteiger partial charge on any atom is -0.481 e. The molecule has 0 spiro atoms. The average Bonchev–Trinajstić information content (AvgIpc) is 2.10. The normalized spacial score (nSPS) is 10.7. The smallest absolute Gasteiger partial charge is 0.308 e. The molecule has 0 saturated heterocycles. The first-order valence-corrected chi connectivity index (χ1v) is 4.24. The Morgan fingerprint density at radius 1 is 1.67 bits per heavy atom. The van der Waals surface area contributed by atoms with Gasteiger partial charge in [-0.05, 0) is 6.07 Å². The molecule has 0 aromatic carbocycles. The Morgan fingerprint density at radius 2 is 2.27 bits per heavy atom. The molecule has 4 nitrogen and oxygen atoms in total. The van der Waals surface area contributed by atoms with Crippen LogP contribution in [0.4, 0.5) is 14.5 Å². The number of aliphatic carboxylic acids is 1. The number of carbonyl (C=O) groups is 1. The van der Waals surface area contributed by atoms with Crippen LogP contribution in [0.5, 0.6) is 0 Å². The summed E-state index contributed by atoms with van der Waals surface area (Å²) >= 11 is 5.54. The summed E-state index contributed by atoms with van der Waals surface area (Å²) in [7, 11) is 0. The van der Waals surface area contributed by atoms with Gasteiger partial charge in [-0.15, -0.1) is 0 Å². The summed E-state index contributed by atoms with van der Waals surface area (Å²) < 4.78 is 24.5. The summed E-state index contributed by atoms with van der Waals surface area (Å²) in [6.45, 7) is 0. The molecular formula is C8H7ClF2N2O2. The summed E-state index contributed by atoms with van der Waals surface area (Å²) in [4.78, 5) is 13.8. The van der Waals surface area contributed by atoms with Crippen molar-refractivity contribution in [2.75, 3.05) is 5.73 Å². The topological polar surface area (TPSA) is 76.2 Å². The van der Waals surface area contributed by atoms with E-state index < -0.39 is 24.5 Å². The Bertz CT molecular complexity index is 375. The third kappa shape index (κ3) is 2.76. The molecule has 0 aliphatic heterocycles. The van der Waals surface area contributed by atoms with Gasteiger partial charge in [-0.1, -0.05) is 11.6 Å². The lowest BCUT2D eigenvalue weighted by Crippen LogP contribution is -2.07. The number of carboxylic acids is 1. The number of nitrogen functional groups attached to an aromatic ring is 1. The van der Waals surface area contributed by atoms with Crippen molar-refractivity contribution in [3.8, 4) is 0 Å². The van der Waals surface area contributed by atoms with E-state index in [1.807, 2.05) is 0 Å². The van der Waals surface area contributed by atoms with Gasteiger partial charge in [0.2, 0.25) is 0 Å². The number of hydrogen-bond acceptors (Lipinski definition) is 3. The van der Waals surface area contributed by atoms with E-state index in [1.165, 1.54) is 0 Å². The molecule has 0 atom stereocenters. The molecule has 0 fully saturated rings. The number of alkyl halides is 2. The first kappa shape index (κ1) is 11.6. The van der Waals surface area contributed by atoms with Crippen molar-refractivity contribution in [1.82, 2.24) is 4.98 Å². The molecule has 0 radical (unpaired) electrons. The van der Waals surface area contributed by atoms with Crippen molar-refractivity contribution < 1.29 is 18.7 Å². The van der Waals surface area contributed by atoms with Crippen molar-refractivity contribution in [3.05, 3.63) is 22.5 Å². The molecule has 82 valence electrons. The monoisotopic (exact) mass is 236 g/mol. The van der Waals surface area contributed by atoms with Crippen molar-refractivity contribution in [2.24, 2.45) is 0 Å². The molecule has 0 aliphatic carbocycles. The molecule has 0 aliphatic rings. The van der Waals surface area contributed by atoms with Gasteiger partial charge in [0.15, 0.2) is 0 Å². The van der Waals surface area contributed by atoms with Crippen LogP contribution in [0.15, 0.2) is 6.07 Å².